The highest BCUT2D eigenvalue weighted by Gasteiger charge is 2.32. The van der Waals surface area contributed by atoms with E-state index < -0.39 is 5.60 Å². The van der Waals surface area contributed by atoms with Crippen molar-refractivity contribution in [2.75, 3.05) is 13.2 Å². The summed E-state index contributed by atoms with van der Waals surface area (Å²) < 4.78 is 10.6. The summed E-state index contributed by atoms with van der Waals surface area (Å²) in [6.07, 6.45) is 3.87. The molecule has 1 rings (SSSR count). The van der Waals surface area contributed by atoms with Gasteiger partial charge in [-0.25, -0.2) is 4.79 Å². The summed E-state index contributed by atoms with van der Waals surface area (Å²) in [7, 11) is 0. The zero-order valence-corrected chi connectivity index (χ0v) is 16.6. The van der Waals surface area contributed by atoms with Gasteiger partial charge in [-0.1, -0.05) is 6.92 Å². The summed E-state index contributed by atoms with van der Waals surface area (Å²) >= 11 is 4.44. The molecular formula is C18H33NO4S. The molecule has 0 aromatic carbocycles. The van der Waals surface area contributed by atoms with Gasteiger partial charge in [0.2, 0.25) is 0 Å². The molecule has 0 heterocycles. The molecule has 0 N–H and O–H groups in total. The Kier molecular flexibility index (Phi) is 8.40. The highest BCUT2D eigenvalue weighted by atomic mass is 32.1. The van der Waals surface area contributed by atoms with Crippen LogP contribution in [0.3, 0.4) is 0 Å². The number of hydrogen-bond donors (Lipinski definition) is 1. The third kappa shape index (κ3) is 7.77. The first-order chi connectivity index (χ1) is 11.1. The van der Waals surface area contributed by atoms with E-state index in [0.29, 0.717) is 25.5 Å². The van der Waals surface area contributed by atoms with Crippen molar-refractivity contribution in [1.29, 1.82) is 0 Å². The van der Waals surface area contributed by atoms with Gasteiger partial charge in [0.15, 0.2) is 0 Å². The highest BCUT2D eigenvalue weighted by molar-refractivity contribution is 7.80. The van der Waals surface area contributed by atoms with Gasteiger partial charge in [-0.05, 0) is 59.3 Å². The second-order valence-corrected chi connectivity index (χ2v) is 8.55. The van der Waals surface area contributed by atoms with E-state index in [9.17, 15) is 9.59 Å². The van der Waals surface area contributed by atoms with Gasteiger partial charge in [0.1, 0.15) is 5.60 Å². The summed E-state index contributed by atoms with van der Waals surface area (Å²) in [5.41, 5.74) is -0.504. The second kappa shape index (κ2) is 9.54. The van der Waals surface area contributed by atoms with Crippen LogP contribution in [0, 0.1) is 5.92 Å². The summed E-state index contributed by atoms with van der Waals surface area (Å²) in [6, 6.07) is 0.160. The van der Waals surface area contributed by atoms with Crippen molar-refractivity contribution in [3.05, 3.63) is 0 Å². The van der Waals surface area contributed by atoms with E-state index >= 15 is 0 Å². The Balaban J connectivity index is 2.60. The van der Waals surface area contributed by atoms with Gasteiger partial charge < -0.3 is 14.4 Å². The third-order valence-corrected chi connectivity index (χ3v) is 4.27. The van der Waals surface area contributed by atoms with Gasteiger partial charge in [-0.3, -0.25) is 4.79 Å². The Bertz CT molecular complexity index is 412. The molecule has 5 nitrogen and oxygen atoms in total. The molecule has 1 aliphatic rings. The molecule has 0 aromatic rings. The van der Waals surface area contributed by atoms with E-state index in [2.05, 4.69) is 12.6 Å². The van der Waals surface area contributed by atoms with Gasteiger partial charge in [0.25, 0.3) is 0 Å². The Morgan fingerprint density at radius 2 is 1.79 bits per heavy atom. The van der Waals surface area contributed by atoms with Crippen molar-refractivity contribution in [2.24, 2.45) is 5.92 Å². The number of thiol groups is 1. The molecule has 1 fully saturated rings. The highest BCUT2D eigenvalue weighted by Crippen LogP contribution is 2.31. The Morgan fingerprint density at radius 1 is 1.21 bits per heavy atom. The molecular weight excluding hydrogens is 326 g/mol. The molecule has 1 aliphatic carbocycles. The number of ether oxygens (including phenoxy) is 2. The quantitative estimate of drug-likeness (QED) is 0.574. The lowest BCUT2D eigenvalue weighted by molar-refractivity contribution is -0.144. The maximum Gasteiger partial charge on any atom is 0.410 e. The Morgan fingerprint density at radius 3 is 2.25 bits per heavy atom. The number of hydrogen-bond acceptors (Lipinski definition) is 5. The number of carbonyl (C=O) groups excluding carboxylic acids is 2. The fourth-order valence-electron chi connectivity index (χ4n) is 3.09. The molecule has 0 aromatic heterocycles. The number of carbonyl (C=O) groups is 2. The van der Waals surface area contributed by atoms with E-state index in [0.717, 1.165) is 25.7 Å². The van der Waals surface area contributed by atoms with Crippen molar-refractivity contribution in [3.63, 3.8) is 0 Å². The van der Waals surface area contributed by atoms with Crippen molar-refractivity contribution in [2.45, 2.75) is 83.6 Å². The SMILES string of the molecule is CCOC(=O)CC1CCC(N(CC(C)S)C(=O)OC(C)(C)C)CC1. The fourth-order valence-corrected chi connectivity index (χ4v) is 3.27. The number of nitrogens with zero attached hydrogens (tertiary/aromatic N) is 1. The Hall–Kier alpha value is -0.910. The van der Waals surface area contributed by atoms with E-state index in [-0.39, 0.29) is 23.4 Å². The summed E-state index contributed by atoms with van der Waals surface area (Å²) in [6.45, 7) is 10.4. The Labute approximate surface area is 151 Å². The normalized spacial score (nSPS) is 22.6. The number of esters is 1. The minimum absolute atomic E-state index is 0.0924. The molecule has 0 spiro atoms. The van der Waals surface area contributed by atoms with Gasteiger partial charge in [0, 0.05) is 24.3 Å². The number of amides is 1. The molecule has 1 unspecified atom stereocenters. The molecule has 1 atom stereocenters. The average molecular weight is 360 g/mol. The maximum atomic E-state index is 12.5. The standard InChI is InChI=1S/C18H33NO4S/c1-6-22-16(20)11-14-7-9-15(10-8-14)19(12-13(2)24)17(21)23-18(3,4)5/h13-15,24H,6-12H2,1-5H3. The van der Waals surface area contributed by atoms with E-state index in [1.54, 1.807) is 0 Å². The van der Waals surface area contributed by atoms with Crippen LogP contribution < -0.4 is 0 Å². The summed E-state index contributed by atoms with van der Waals surface area (Å²) in [5.74, 6) is 0.239. The first-order valence-electron chi connectivity index (χ1n) is 8.95. The minimum Gasteiger partial charge on any atom is -0.466 e. The van der Waals surface area contributed by atoms with Crippen LogP contribution in [-0.2, 0) is 14.3 Å². The molecule has 0 bridgehead atoms. The van der Waals surface area contributed by atoms with Crippen molar-refractivity contribution < 1.29 is 19.1 Å². The molecule has 1 saturated carbocycles. The minimum atomic E-state index is -0.504. The lowest BCUT2D eigenvalue weighted by Crippen LogP contribution is -2.47. The van der Waals surface area contributed by atoms with Crippen LogP contribution in [0.2, 0.25) is 0 Å². The van der Waals surface area contributed by atoms with E-state index in [4.69, 9.17) is 9.47 Å². The van der Waals surface area contributed by atoms with Gasteiger partial charge in [-0.2, -0.15) is 12.6 Å². The molecule has 140 valence electrons. The van der Waals surface area contributed by atoms with Crippen LogP contribution in [-0.4, -0.2) is 47.0 Å². The first-order valence-corrected chi connectivity index (χ1v) is 9.47. The average Bonchev–Trinajstić information content (AvgIpc) is 2.44. The lowest BCUT2D eigenvalue weighted by atomic mass is 9.83. The topological polar surface area (TPSA) is 55.8 Å². The molecule has 6 heteroatoms. The van der Waals surface area contributed by atoms with Crippen LogP contribution in [0.1, 0.15) is 66.7 Å². The van der Waals surface area contributed by atoms with Crippen LogP contribution >= 0.6 is 12.6 Å². The summed E-state index contributed by atoms with van der Waals surface area (Å²) in [4.78, 5) is 26.0. The largest absolute Gasteiger partial charge is 0.466 e. The molecule has 1 amide bonds. The van der Waals surface area contributed by atoms with Gasteiger partial charge >= 0.3 is 12.1 Å². The molecule has 0 saturated heterocycles. The van der Waals surface area contributed by atoms with Crippen molar-refractivity contribution in [1.82, 2.24) is 4.90 Å². The van der Waals surface area contributed by atoms with Crippen LogP contribution in [0.15, 0.2) is 0 Å². The zero-order valence-electron chi connectivity index (χ0n) is 15.7. The smallest absolute Gasteiger partial charge is 0.410 e. The van der Waals surface area contributed by atoms with Crippen LogP contribution in [0.5, 0.6) is 0 Å². The van der Waals surface area contributed by atoms with Gasteiger partial charge in [0.05, 0.1) is 6.61 Å². The molecule has 0 radical (unpaired) electrons. The van der Waals surface area contributed by atoms with Crippen molar-refractivity contribution >= 4 is 24.7 Å². The van der Waals surface area contributed by atoms with E-state index in [1.807, 2.05) is 39.5 Å². The monoisotopic (exact) mass is 359 g/mol. The molecule has 0 aliphatic heterocycles. The zero-order chi connectivity index (χ0) is 18.3. The summed E-state index contributed by atoms with van der Waals surface area (Å²) in [5, 5.41) is 0.0924. The fraction of sp³-hybridized carbons (Fsp3) is 0.889. The lowest BCUT2D eigenvalue weighted by Gasteiger charge is -2.38. The van der Waals surface area contributed by atoms with Crippen LogP contribution in [0.4, 0.5) is 4.79 Å². The van der Waals surface area contributed by atoms with E-state index in [1.165, 1.54) is 0 Å². The van der Waals surface area contributed by atoms with Crippen molar-refractivity contribution in [3.8, 4) is 0 Å². The molecule has 24 heavy (non-hydrogen) atoms. The van der Waals surface area contributed by atoms with Crippen LogP contribution in [0.25, 0.3) is 0 Å². The third-order valence-electron chi connectivity index (χ3n) is 4.11. The second-order valence-electron chi connectivity index (χ2n) is 7.67. The number of rotatable bonds is 6. The van der Waals surface area contributed by atoms with Gasteiger partial charge in [-0.15, -0.1) is 0 Å². The first kappa shape index (κ1) is 21.1. The maximum absolute atomic E-state index is 12.5. The predicted molar refractivity (Wildman–Crippen MR) is 98.4 cm³/mol. The predicted octanol–water partition coefficient (Wildman–Crippen LogP) is 4.05.